The van der Waals surface area contributed by atoms with E-state index >= 15 is 0 Å². The van der Waals surface area contributed by atoms with Gasteiger partial charge in [-0.2, -0.15) is 0 Å². The largest absolute Gasteiger partial charge is 0.450 e. The molecule has 0 aliphatic rings. The van der Waals surface area contributed by atoms with Crippen LogP contribution >= 0.6 is 0 Å². The molecule has 2 rings (SSSR count). The lowest BCUT2D eigenvalue weighted by Crippen LogP contribution is -2.00. The first kappa shape index (κ1) is 15.0. The van der Waals surface area contributed by atoms with Crippen molar-refractivity contribution in [1.29, 1.82) is 0 Å². The van der Waals surface area contributed by atoms with Crippen LogP contribution in [0.3, 0.4) is 0 Å². The van der Waals surface area contributed by atoms with Gasteiger partial charge in [-0.1, -0.05) is 31.2 Å². The number of nitrogens with zero attached hydrogens (tertiary/aromatic N) is 1. The van der Waals surface area contributed by atoms with Crippen molar-refractivity contribution < 1.29 is 14.8 Å². The number of nitro benzene ring substituents is 1. The Morgan fingerprint density at radius 1 is 1.24 bits per heavy atom. The second kappa shape index (κ2) is 6.37. The number of aryl methyl sites for hydroxylation is 1. The van der Waals surface area contributed by atoms with E-state index in [0.29, 0.717) is 17.7 Å². The molecule has 5 nitrogen and oxygen atoms in total. The van der Waals surface area contributed by atoms with Crippen molar-refractivity contribution in [3.05, 3.63) is 63.7 Å². The van der Waals surface area contributed by atoms with E-state index < -0.39 is 11.0 Å². The summed E-state index contributed by atoms with van der Waals surface area (Å²) in [5.74, 6) is 0.597. The van der Waals surface area contributed by atoms with Crippen molar-refractivity contribution >= 4 is 5.69 Å². The molecule has 110 valence electrons. The number of benzene rings is 2. The summed E-state index contributed by atoms with van der Waals surface area (Å²) in [5.41, 5.74) is 1.32. The van der Waals surface area contributed by atoms with Gasteiger partial charge < -0.3 is 9.84 Å². The molecule has 0 unspecified atom stereocenters. The number of para-hydroxylation sites is 1. The first-order chi connectivity index (χ1) is 10.0. The minimum absolute atomic E-state index is 0.0872. The maximum atomic E-state index is 11.1. The highest BCUT2D eigenvalue weighted by Crippen LogP contribution is 2.35. The van der Waals surface area contributed by atoms with Gasteiger partial charge in [-0.25, -0.2) is 0 Å². The number of nitro groups is 1. The standard InChI is InChI=1S/C16H17NO4/c1-3-14(18)12-6-4-5-7-15(12)21-16-9-8-11(2)10-13(16)17(19)20/h4-10,14,18H,3H2,1-2H3/t14-/m1/s1. The summed E-state index contributed by atoms with van der Waals surface area (Å²) in [5, 5.41) is 21.1. The van der Waals surface area contributed by atoms with Gasteiger partial charge in [-0.3, -0.25) is 10.1 Å². The maximum absolute atomic E-state index is 11.1. The molecule has 0 amide bonds. The molecule has 0 aliphatic heterocycles. The minimum Gasteiger partial charge on any atom is -0.450 e. The van der Waals surface area contributed by atoms with Gasteiger partial charge in [-0.15, -0.1) is 0 Å². The number of aliphatic hydroxyl groups excluding tert-OH is 1. The molecule has 5 heteroatoms. The predicted molar refractivity (Wildman–Crippen MR) is 79.6 cm³/mol. The van der Waals surface area contributed by atoms with Crippen LogP contribution in [0.5, 0.6) is 11.5 Å². The van der Waals surface area contributed by atoms with Crippen molar-refractivity contribution in [2.75, 3.05) is 0 Å². The number of hydrogen-bond acceptors (Lipinski definition) is 4. The van der Waals surface area contributed by atoms with E-state index in [9.17, 15) is 15.2 Å². The van der Waals surface area contributed by atoms with Crippen molar-refractivity contribution in [3.63, 3.8) is 0 Å². The highest BCUT2D eigenvalue weighted by atomic mass is 16.6. The topological polar surface area (TPSA) is 72.6 Å². The van der Waals surface area contributed by atoms with Gasteiger partial charge in [-0.05, 0) is 31.0 Å². The molecule has 0 aliphatic carbocycles. The summed E-state index contributed by atoms with van der Waals surface area (Å²) in [6.45, 7) is 3.64. The van der Waals surface area contributed by atoms with Crippen molar-refractivity contribution in [2.24, 2.45) is 0 Å². The van der Waals surface area contributed by atoms with Gasteiger partial charge in [0.1, 0.15) is 5.75 Å². The normalized spacial score (nSPS) is 12.0. The van der Waals surface area contributed by atoms with Crippen LogP contribution in [-0.4, -0.2) is 10.0 Å². The van der Waals surface area contributed by atoms with Crippen LogP contribution in [0.25, 0.3) is 0 Å². The summed E-state index contributed by atoms with van der Waals surface area (Å²) >= 11 is 0. The molecule has 0 saturated carbocycles. The molecular formula is C16H17NO4. The summed E-state index contributed by atoms with van der Waals surface area (Å²) in [6.07, 6.45) is -0.123. The molecule has 1 N–H and O–H groups in total. The Morgan fingerprint density at radius 2 is 1.95 bits per heavy atom. The lowest BCUT2D eigenvalue weighted by molar-refractivity contribution is -0.385. The number of hydrogen-bond donors (Lipinski definition) is 1. The van der Waals surface area contributed by atoms with Crippen molar-refractivity contribution in [1.82, 2.24) is 0 Å². The van der Waals surface area contributed by atoms with E-state index in [1.807, 2.05) is 6.92 Å². The third-order valence-electron chi connectivity index (χ3n) is 3.20. The molecule has 2 aromatic rings. The van der Waals surface area contributed by atoms with Crippen LogP contribution in [0.15, 0.2) is 42.5 Å². The molecular weight excluding hydrogens is 270 g/mol. The lowest BCUT2D eigenvalue weighted by Gasteiger charge is -2.14. The van der Waals surface area contributed by atoms with E-state index in [0.717, 1.165) is 5.56 Å². The Balaban J connectivity index is 2.41. The van der Waals surface area contributed by atoms with E-state index in [1.54, 1.807) is 43.3 Å². The van der Waals surface area contributed by atoms with E-state index in [1.165, 1.54) is 6.07 Å². The van der Waals surface area contributed by atoms with Gasteiger partial charge >= 0.3 is 5.69 Å². The first-order valence-corrected chi connectivity index (χ1v) is 6.72. The van der Waals surface area contributed by atoms with Gasteiger partial charge in [0.2, 0.25) is 5.75 Å². The molecule has 0 aromatic heterocycles. The molecule has 0 fully saturated rings. The fourth-order valence-electron chi connectivity index (χ4n) is 2.04. The zero-order chi connectivity index (χ0) is 15.4. The van der Waals surface area contributed by atoms with Gasteiger partial charge in [0.15, 0.2) is 0 Å². The molecule has 0 spiro atoms. The molecule has 21 heavy (non-hydrogen) atoms. The molecule has 2 aromatic carbocycles. The second-order valence-electron chi connectivity index (χ2n) is 4.79. The van der Waals surface area contributed by atoms with E-state index in [2.05, 4.69) is 0 Å². The molecule has 0 radical (unpaired) electrons. The summed E-state index contributed by atoms with van der Waals surface area (Å²) in [4.78, 5) is 10.6. The Labute approximate surface area is 123 Å². The van der Waals surface area contributed by atoms with Gasteiger partial charge in [0, 0.05) is 11.6 Å². The Hall–Kier alpha value is -2.40. The minimum atomic E-state index is -0.661. The Bertz CT molecular complexity index is 654. The number of ether oxygens (including phenoxy) is 1. The second-order valence-corrected chi connectivity index (χ2v) is 4.79. The van der Waals surface area contributed by atoms with Crippen molar-refractivity contribution in [2.45, 2.75) is 26.4 Å². The van der Waals surface area contributed by atoms with Crippen LogP contribution in [-0.2, 0) is 0 Å². The third kappa shape index (κ3) is 3.38. The maximum Gasteiger partial charge on any atom is 0.311 e. The number of rotatable bonds is 5. The smallest absolute Gasteiger partial charge is 0.311 e. The number of aliphatic hydroxyl groups is 1. The van der Waals surface area contributed by atoms with Crippen LogP contribution in [0.2, 0.25) is 0 Å². The molecule has 1 atom stereocenters. The van der Waals surface area contributed by atoms with Crippen LogP contribution in [0.4, 0.5) is 5.69 Å². The summed E-state index contributed by atoms with van der Waals surface area (Å²) in [7, 11) is 0. The van der Waals surface area contributed by atoms with E-state index in [-0.39, 0.29) is 11.4 Å². The third-order valence-corrected chi connectivity index (χ3v) is 3.20. The molecule has 0 bridgehead atoms. The SMILES string of the molecule is CC[C@@H](O)c1ccccc1Oc1ccc(C)cc1[N+](=O)[O-]. The lowest BCUT2D eigenvalue weighted by atomic mass is 10.1. The first-order valence-electron chi connectivity index (χ1n) is 6.72. The van der Waals surface area contributed by atoms with E-state index in [4.69, 9.17) is 4.74 Å². The highest BCUT2D eigenvalue weighted by molar-refractivity contribution is 5.51. The zero-order valence-corrected chi connectivity index (χ0v) is 11.9. The molecule has 0 saturated heterocycles. The van der Waals surface area contributed by atoms with Crippen LogP contribution in [0, 0.1) is 17.0 Å². The Morgan fingerprint density at radius 3 is 2.62 bits per heavy atom. The zero-order valence-electron chi connectivity index (χ0n) is 11.9. The summed E-state index contributed by atoms with van der Waals surface area (Å²) in [6, 6.07) is 11.8. The fraction of sp³-hybridized carbons (Fsp3) is 0.250. The van der Waals surface area contributed by atoms with Crippen LogP contribution < -0.4 is 4.74 Å². The van der Waals surface area contributed by atoms with Gasteiger partial charge in [0.25, 0.3) is 0 Å². The average molecular weight is 287 g/mol. The monoisotopic (exact) mass is 287 g/mol. The van der Waals surface area contributed by atoms with Crippen molar-refractivity contribution in [3.8, 4) is 11.5 Å². The fourth-order valence-corrected chi connectivity index (χ4v) is 2.04. The van der Waals surface area contributed by atoms with Crippen LogP contribution in [0.1, 0.15) is 30.6 Å². The Kier molecular flexibility index (Phi) is 4.55. The predicted octanol–water partition coefficient (Wildman–Crippen LogP) is 4.14. The quantitative estimate of drug-likeness (QED) is 0.662. The highest BCUT2D eigenvalue weighted by Gasteiger charge is 2.18. The molecule has 0 heterocycles. The summed E-state index contributed by atoms with van der Waals surface area (Å²) < 4.78 is 5.68. The van der Waals surface area contributed by atoms with Gasteiger partial charge in [0.05, 0.1) is 11.0 Å². The average Bonchev–Trinajstić information content (AvgIpc) is 2.48.